The molecule has 0 saturated carbocycles. The van der Waals surface area contributed by atoms with Gasteiger partial charge < -0.3 is 5.32 Å². The van der Waals surface area contributed by atoms with E-state index in [1.54, 1.807) is 0 Å². The number of nitrogens with zero attached hydrogens (tertiary/aromatic N) is 2. The van der Waals surface area contributed by atoms with E-state index in [0.717, 1.165) is 10.2 Å². The Morgan fingerprint density at radius 2 is 2.18 bits per heavy atom. The summed E-state index contributed by atoms with van der Waals surface area (Å²) in [5, 5.41) is 7.63. The van der Waals surface area contributed by atoms with E-state index in [1.165, 1.54) is 11.1 Å². The van der Waals surface area contributed by atoms with E-state index in [1.807, 2.05) is 24.1 Å². The average Bonchev–Trinajstić information content (AvgIpc) is 2.70. The molecule has 0 radical (unpaired) electrons. The SMILES string of the molecule is Cc1ccc(NC(C)c2cnn(C)c2)cc1Br. The second kappa shape index (κ2) is 4.92. The highest BCUT2D eigenvalue weighted by Crippen LogP contribution is 2.24. The molecule has 1 heterocycles. The summed E-state index contributed by atoms with van der Waals surface area (Å²) in [6.07, 6.45) is 3.92. The molecule has 0 saturated heterocycles. The van der Waals surface area contributed by atoms with Gasteiger partial charge in [0.15, 0.2) is 0 Å². The standard InChI is InChI=1S/C13H16BrN3/c1-9-4-5-12(6-13(9)14)16-10(2)11-7-15-17(3)8-11/h4-8,10,16H,1-3H3. The topological polar surface area (TPSA) is 29.9 Å². The third kappa shape index (κ3) is 2.88. The zero-order valence-corrected chi connectivity index (χ0v) is 11.8. The molecular weight excluding hydrogens is 278 g/mol. The average molecular weight is 294 g/mol. The summed E-state index contributed by atoms with van der Waals surface area (Å²) < 4.78 is 2.94. The lowest BCUT2D eigenvalue weighted by molar-refractivity contribution is 0.765. The van der Waals surface area contributed by atoms with Gasteiger partial charge in [0, 0.05) is 29.0 Å². The smallest absolute Gasteiger partial charge is 0.0542 e. The first-order valence-electron chi connectivity index (χ1n) is 5.57. The number of halogens is 1. The molecule has 17 heavy (non-hydrogen) atoms. The molecule has 1 atom stereocenters. The molecule has 0 amide bonds. The minimum absolute atomic E-state index is 0.248. The van der Waals surface area contributed by atoms with Crippen LogP contribution >= 0.6 is 15.9 Å². The first kappa shape index (κ1) is 12.2. The molecule has 0 fully saturated rings. The molecule has 1 aromatic carbocycles. The zero-order chi connectivity index (χ0) is 12.4. The largest absolute Gasteiger partial charge is 0.378 e. The molecule has 0 aliphatic rings. The van der Waals surface area contributed by atoms with Crippen LogP contribution in [0.1, 0.15) is 24.1 Å². The number of benzene rings is 1. The number of aryl methyl sites for hydroxylation is 2. The Kier molecular flexibility index (Phi) is 3.52. The van der Waals surface area contributed by atoms with Gasteiger partial charge in [0.05, 0.1) is 12.2 Å². The summed E-state index contributed by atoms with van der Waals surface area (Å²) in [5.74, 6) is 0. The van der Waals surface area contributed by atoms with Gasteiger partial charge in [-0.1, -0.05) is 22.0 Å². The Bertz CT molecular complexity index is 519. The summed E-state index contributed by atoms with van der Waals surface area (Å²) in [5.41, 5.74) is 3.53. The lowest BCUT2D eigenvalue weighted by Crippen LogP contribution is -2.05. The van der Waals surface area contributed by atoms with Crippen molar-refractivity contribution in [3.8, 4) is 0 Å². The third-order valence-electron chi connectivity index (χ3n) is 2.78. The van der Waals surface area contributed by atoms with Crippen LogP contribution in [-0.4, -0.2) is 9.78 Å². The van der Waals surface area contributed by atoms with Crippen LogP contribution in [0.5, 0.6) is 0 Å². The van der Waals surface area contributed by atoms with Crippen LogP contribution in [0.25, 0.3) is 0 Å². The molecular formula is C13H16BrN3. The van der Waals surface area contributed by atoms with E-state index in [-0.39, 0.29) is 6.04 Å². The number of hydrogen-bond acceptors (Lipinski definition) is 2. The molecule has 0 spiro atoms. The van der Waals surface area contributed by atoms with Crippen LogP contribution in [0, 0.1) is 6.92 Å². The van der Waals surface area contributed by atoms with Crippen LogP contribution in [0.15, 0.2) is 35.1 Å². The Hall–Kier alpha value is -1.29. The van der Waals surface area contributed by atoms with Gasteiger partial charge in [-0.2, -0.15) is 5.10 Å². The monoisotopic (exact) mass is 293 g/mol. The van der Waals surface area contributed by atoms with Crippen LogP contribution in [0.4, 0.5) is 5.69 Å². The maximum atomic E-state index is 4.18. The number of nitrogens with one attached hydrogen (secondary N) is 1. The van der Waals surface area contributed by atoms with Crippen molar-refractivity contribution in [2.45, 2.75) is 19.9 Å². The molecule has 2 aromatic rings. The summed E-state index contributed by atoms with van der Waals surface area (Å²) in [4.78, 5) is 0. The Labute approximate surface area is 110 Å². The molecule has 1 unspecified atom stereocenters. The molecule has 0 bridgehead atoms. The zero-order valence-electron chi connectivity index (χ0n) is 10.2. The molecule has 2 rings (SSSR count). The Morgan fingerprint density at radius 1 is 1.41 bits per heavy atom. The normalized spacial score (nSPS) is 12.5. The number of rotatable bonds is 3. The van der Waals surface area contributed by atoms with Crippen molar-refractivity contribution in [2.75, 3.05) is 5.32 Å². The third-order valence-corrected chi connectivity index (χ3v) is 3.63. The van der Waals surface area contributed by atoms with E-state index in [0.29, 0.717) is 0 Å². The summed E-state index contributed by atoms with van der Waals surface area (Å²) in [6.45, 7) is 4.21. The van der Waals surface area contributed by atoms with Crippen molar-refractivity contribution in [2.24, 2.45) is 7.05 Å². The fraction of sp³-hybridized carbons (Fsp3) is 0.308. The fourth-order valence-electron chi connectivity index (χ4n) is 1.68. The van der Waals surface area contributed by atoms with Crippen molar-refractivity contribution in [3.05, 3.63) is 46.2 Å². The van der Waals surface area contributed by atoms with Crippen LogP contribution in [-0.2, 0) is 7.05 Å². The van der Waals surface area contributed by atoms with Gasteiger partial charge in [0.25, 0.3) is 0 Å². The predicted molar refractivity (Wildman–Crippen MR) is 74.1 cm³/mol. The van der Waals surface area contributed by atoms with Crippen molar-refractivity contribution in [1.82, 2.24) is 9.78 Å². The van der Waals surface area contributed by atoms with Crippen LogP contribution < -0.4 is 5.32 Å². The van der Waals surface area contributed by atoms with Crippen molar-refractivity contribution in [1.29, 1.82) is 0 Å². The lowest BCUT2D eigenvalue weighted by atomic mass is 10.1. The Morgan fingerprint density at radius 3 is 2.76 bits per heavy atom. The first-order valence-corrected chi connectivity index (χ1v) is 6.37. The quantitative estimate of drug-likeness (QED) is 0.936. The fourth-order valence-corrected chi connectivity index (χ4v) is 2.06. The van der Waals surface area contributed by atoms with Gasteiger partial charge >= 0.3 is 0 Å². The highest BCUT2D eigenvalue weighted by Gasteiger charge is 2.07. The molecule has 1 N–H and O–H groups in total. The van der Waals surface area contributed by atoms with Crippen LogP contribution in [0.3, 0.4) is 0 Å². The minimum Gasteiger partial charge on any atom is -0.378 e. The maximum Gasteiger partial charge on any atom is 0.0542 e. The predicted octanol–water partition coefficient (Wildman–Crippen LogP) is 3.66. The van der Waals surface area contributed by atoms with E-state index >= 15 is 0 Å². The first-order chi connectivity index (χ1) is 8.06. The molecule has 4 heteroatoms. The van der Waals surface area contributed by atoms with Crippen molar-refractivity contribution >= 4 is 21.6 Å². The number of hydrogen-bond donors (Lipinski definition) is 1. The van der Waals surface area contributed by atoms with E-state index in [9.17, 15) is 0 Å². The highest BCUT2D eigenvalue weighted by atomic mass is 79.9. The molecule has 1 aromatic heterocycles. The van der Waals surface area contributed by atoms with Gasteiger partial charge in [-0.05, 0) is 31.5 Å². The van der Waals surface area contributed by atoms with Crippen LogP contribution in [0.2, 0.25) is 0 Å². The van der Waals surface area contributed by atoms with Gasteiger partial charge in [0.1, 0.15) is 0 Å². The highest BCUT2D eigenvalue weighted by molar-refractivity contribution is 9.10. The summed E-state index contributed by atoms with van der Waals surface area (Å²) in [6, 6.07) is 6.54. The van der Waals surface area contributed by atoms with E-state index < -0.39 is 0 Å². The summed E-state index contributed by atoms with van der Waals surface area (Å²) in [7, 11) is 1.93. The molecule has 3 nitrogen and oxygen atoms in total. The maximum absolute atomic E-state index is 4.18. The summed E-state index contributed by atoms with van der Waals surface area (Å²) >= 11 is 3.54. The van der Waals surface area contributed by atoms with Crippen molar-refractivity contribution < 1.29 is 0 Å². The second-order valence-corrected chi connectivity index (χ2v) is 5.13. The molecule has 0 aliphatic heterocycles. The van der Waals surface area contributed by atoms with Gasteiger partial charge in [-0.25, -0.2) is 0 Å². The van der Waals surface area contributed by atoms with Crippen molar-refractivity contribution in [3.63, 3.8) is 0 Å². The van der Waals surface area contributed by atoms with Gasteiger partial charge in [-0.15, -0.1) is 0 Å². The lowest BCUT2D eigenvalue weighted by Gasteiger charge is -2.14. The number of anilines is 1. The second-order valence-electron chi connectivity index (χ2n) is 4.28. The van der Waals surface area contributed by atoms with E-state index in [2.05, 4.69) is 58.4 Å². The van der Waals surface area contributed by atoms with Gasteiger partial charge in [0.2, 0.25) is 0 Å². The van der Waals surface area contributed by atoms with Gasteiger partial charge in [-0.3, -0.25) is 4.68 Å². The van der Waals surface area contributed by atoms with E-state index in [4.69, 9.17) is 0 Å². The number of aromatic nitrogens is 2. The molecule has 90 valence electrons. The Balaban J connectivity index is 2.12. The minimum atomic E-state index is 0.248. The molecule has 0 aliphatic carbocycles.